The van der Waals surface area contributed by atoms with Gasteiger partial charge in [0.2, 0.25) is 5.91 Å². The Morgan fingerprint density at radius 3 is 2.59 bits per heavy atom. The van der Waals surface area contributed by atoms with Crippen LogP contribution < -0.4 is 0 Å². The zero-order valence-electron chi connectivity index (χ0n) is 15.6. The first-order chi connectivity index (χ1) is 13.0. The number of hydrogen-bond donors (Lipinski definition) is 0. The molecule has 2 heterocycles. The van der Waals surface area contributed by atoms with Gasteiger partial charge in [-0.15, -0.1) is 5.10 Å². The third-order valence-electron chi connectivity index (χ3n) is 4.94. The van der Waals surface area contributed by atoms with Crippen LogP contribution in [0.4, 0.5) is 4.39 Å². The van der Waals surface area contributed by atoms with E-state index in [0.29, 0.717) is 19.6 Å². The number of carbonyl (C=O) groups is 2. The first kappa shape index (κ1) is 19.0. The maximum Gasteiger partial charge on any atom is 0.276 e. The van der Waals surface area contributed by atoms with E-state index in [1.807, 2.05) is 13.8 Å². The Kier molecular flexibility index (Phi) is 5.83. The van der Waals surface area contributed by atoms with Crippen molar-refractivity contribution < 1.29 is 14.0 Å². The molecule has 3 rings (SSSR count). The molecule has 2 amide bonds. The molecule has 1 aliphatic rings. The average Bonchev–Trinajstić information content (AvgIpc) is 3.32. The van der Waals surface area contributed by atoms with E-state index in [9.17, 15) is 14.0 Å². The van der Waals surface area contributed by atoms with E-state index >= 15 is 0 Å². The molecule has 1 saturated heterocycles. The van der Waals surface area contributed by atoms with E-state index in [4.69, 9.17) is 0 Å². The second-order valence-corrected chi connectivity index (χ2v) is 6.58. The number of amides is 2. The van der Waals surface area contributed by atoms with Gasteiger partial charge >= 0.3 is 0 Å². The highest BCUT2D eigenvalue weighted by Gasteiger charge is 2.32. The summed E-state index contributed by atoms with van der Waals surface area (Å²) in [7, 11) is 0. The summed E-state index contributed by atoms with van der Waals surface area (Å²) in [6.45, 7) is 5.77. The summed E-state index contributed by atoms with van der Waals surface area (Å²) < 4.78 is 14.6. The van der Waals surface area contributed by atoms with Crippen LogP contribution in [0, 0.1) is 5.82 Å². The predicted molar refractivity (Wildman–Crippen MR) is 97.4 cm³/mol. The Morgan fingerprint density at radius 2 is 1.93 bits per heavy atom. The minimum Gasteiger partial charge on any atom is -0.342 e. The van der Waals surface area contributed by atoms with Gasteiger partial charge < -0.3 is 9.80 Å². The molecule has 0 aliphatic carbocycles. The van der Waals surface area contributed by atoms with E-state index in [1.165, 1.54) is 23.0 Å². The molecule has 7 nitrogen and oxygen atoms in total. The van der Waals surface area contributed by atoms with E-state index in [1.54, 1.807) is 21.9 Å². The number of carbonyl (C=O) groups excluding carboxylic acids is 2. The molecule has 144 valence electrons. The fraction of sp³-hybridized carbons (Fsp3) is 0.474. The van der Waals surface area contributed by atoms with Gasteiger partial charge in [0.25, 0.3) is 5.91 Å². The summed E-state index contributed by atoms with van der Waals surface area (Å²) in [5.74, 6) is -0.576. The molecule has 1 aromatic carbocycles. The topological polar surface area (TPSA) is 71.3 Å². The Morgan fingerprint density at radius 1 is 1.22 bits per heavy atom. The summed E-state index contributed by atoms with van der Waals surface area (Å²) in [5.41, 5.74) is 1.13. The zero-order chi connectivity index (χ0) is 19.4. The van der Waals surface area contributed by atoms with Gasteiger partial charge in [0.1, 0.15) is 12.4 Å². The molecule has 2 aromatic rings. The van der Waals surface area contributed by atoms with Crippen LogP contribution in [-0.4, -0.2) is 56.2 Å². The van der Waals surface area contributed by atoms with Crippen LogP contribution in [0.25, 0.3) is 0 Å². The van der Waals surface area contributed by atoms with Crippen molar-refractivity contribution in [1.29, 1.82) is 0 Å². The van der Waals surface area contributed by atoms with Crippen LogP contribution in [0.2, 0.25) is 0 Å². The largest absolute Gasteiger partial charge is 0.342 e. The highest BCUT2D eigenvalue weighted by atomic mass is 19.1. The first-order valence-electron chi connectivity index (χ1n) is 9.27. The summed E-state index contributed by atoms with van der Waals surface area (Å²) in [6, 6.07) is 6.15. The van der Waals surface area contributed by atoms with Gasteiger partial charge in [-0.25, -0.2) is 9.07 Å². The van der Waals surface area contributed by atoms with E-state index in [2.05, 4.69) is 10.3 Å². The van der Waals surface area contributed by atoms with E-state index < -0.39 is 0 Å². The predicted octanol–water partition coefficient (Wildman–Crippen LogP) is 2.26. The summed E-state index contributed by atoms with van der Waals surface area (Å²) in [5, 5.41) is 7.89. The molecule has 1 fully saturated rings. The second-order valence-electron chi connectivity index (χ2n) is 6.58. The van der Waals surface area contributed by atoms with Gasteiger partial charge in [-0.3, -0.25) is 9.59 Å². The van der Waals surface area contributed by atoms with Crippen molar-refractivity contribution in [1.82, 2.24) is 24.8 Å². The van der Waals surface area contributed by atoms with E-state index in [0.717, 1.165) is 18.4 Å². The Balaban J connectivity index is 1.71. The molecule has 27 heavy (non-hydrogen) atoms. The number of rotatable bonds is 6. The molecule has 0 unspecified atom stereocenters. The standard InChI is InChI=1S/C19H24FN5O2/c1-3-23(4-2)18(26)13-24-12-16(21-22-24)19(27)25-11-5-6-17(25)14-7-9-15(20)10-8-14/h7-10,12,17H,3-6,11,13H2,1-2H3/t17-/m1/s1. The van der Waals surface area contributed by atoms with Crippen LogP contribution in [-0.2, 0) is 11.3 Å². The fourth-order valence-electron chi connectivity index (χ4n) is 3.48. The summed E-state index contributed by atoms with van der Waals surface area (Å²) in [6.07, 6.45) is 3.22. The molecule has 1 aliphatic heterocycles. The average molecular weight is 373 g/mol. The number of halogens is 1. The number of hydrogen-bond acceptors (Lipinski definition) is 4. The Labute approximate surface area is 157 Å². The third kappa shape index (κ3) is 4.15. The molecule has 0 saturated carbocycles. The highest BCUT2D eigenvalue weighted by Crippen LogP contribution is 2.32. The third-order valence-corrected chi connectivity index (χ3v) is 4.94. The van der Waals surface area contributed by atoms with Crippen molar-refractivity contribution >= 4 is 11.8 Å². The normalized spacial score (nSPS) is 16.6. The van der Waals surface area contributed by atoms with Gasteiger partial charge in [0.15, 0.2) is 5.69 Å². The lowest BCUT2D eigenvalue weighted by atomic mass is 10.0. The number of likely N-dealkylation sites (tertiary alicyclic amines) is 1. The van der Waals surface area contributed by atoms with Crippen molar-refractivity contribution in [3.63, 3.8) is 0 Å². The maximum atomic E-state index is 13.2. The molecule has 1 atom stereocenters. The lowest BCUT2D eigenvalue weighted by Crippen LogP contribution is -2.33. The SMILES string of the molecule is CCN(CC)C(=O)Cn1cc(C(=O)N2CCC[C@@H]2c2ccc(F)cc2)nn1. The van der Waals surface area contributed by atoms with Crippen LogP contribution in [0.15, 0.2) is 30.5 Å². The molecule has 0 radical (unpaired) electrons. The summed E-state index contributed by atoms with van der Waals surface area (Å²) >= 11 is 0. The quantitative estimate of drug-likeness (QED) is 0.779. The maximum absolute atomic E-state index is 13.2. The van der Waals surface area contributed by atoms with E-state index in [-0.39, 0.29) is 35.9 Å². The Bertz CT molecular complexity index is 801. The van der Waals surface area contributed by atoms with Crippen molar-refractivity contribution in [2.75, 3.05) is 19.6 Å². The molecule has 0 bridgehead atoms. The molecular weight excluding hydrogens is 349 g/mol. The van der Waals surface area contributed by atoms with Gasteiger partial charge in [-0.05, 0) is 44.4 Å². The van der Waals surface area contributed by atoms with Crippen LogP contribution in [0.1, 0.15) is 48.8 Å². The minimum atomic E-state index is -0.296. The van der Waals surface area contributed by atoms with Crippen molar-refractivity contribution in [3.05, 3.63) is 47.5 Å². The van der Waals surface area contributed by atoms with Crippen molar-refractivity contribution in [2.45, 2.75) is 39.3 Å². The summed E-state index contributed by atoms with van der Waals surface area (Å²) in [4.78, 5) is 28.5. The monoisotopic (exact) mass is 373 g/mol. The van der Waals surface area contributed by atoms with Gasteiger partial charge in [0.05, 0.1) is 12.2 Å². The molecule has 8 heteroatoms. The number of likely N-dealkylation sites (N-methyl/N-ethyl adjacent to an activating group) is 1. The van der Waals surface area contributed by atoms with Gasteiger partial charge in [0, 0.05) is 19.6 Å². The number of aromatic nitrogens is 3. The molecule has 1 aromatic heterocycles. The highest BCUT2D eigenvalue weighted by molar-refractivity contribution is 5.92. The molecule has 0 spiro atoms. The minimum absolute atomic E-state index is 0.0589. The number of nitrogens with zero attached hydrogens (tertiary/aromatic N) is 5. The smallest absolute Gasteiger partial charge is 0.276 e. The van der Waals surface area contributed by atoms with Crippen LogP contribution in [0.3, 0.4) is 0 Å². The lowest BCUT2D eigenvalue weighted by molar-refractivity contribution is -0.131. The van der Waals surface area contributed by atoms with Crippen LogP contribution in [0.5, 0.6) is 0 Å². The van der Waals surface area contributed by atoms with Crippen LogP contribution >= 0.6 is 0 Å². The van der Waals surface area contributed by atoms with Gasteiger partial charge in [-0.1, -0.05) is 17.3 Å². The lowest BCUT2D eigenvalue weighted by Gasteiger charge is -2.24. The zero-order valence-corrected chi connectivity index (χ0v) is 15.6. The first-order valence-corrected chi connectivity index (χ1v) is 9.27. The Hall–Kier alpha value is -2.77. The fourth-order valence-corrected chi connectivity index (χ4v) is 3.48. The van der Waals surface area contributed by atoms with Crippen molar-refractivity contribution in [2.24, 2.45) is 0 Å². The second kappa shape index (κ2) is 8.28. The van der Waals surface area contributed by atoms with Gasteiger partial charge in [-0.2, -0.15) is 0 Å². The van der Waals surface area contributed by atoms with Crippen molar-refractivity contribution in [3.8, 4) is 0 Å². The number of benzene rings is 1. The molecule has 0 N–H and O–H groups in total. The molecular formula is C19H24FN5O2.